The highest BCUT2D eigenvalue weighted by atomic mass is 16.5. The average Bonchev–Trinajstić information content (AvgIpc) is 3.33. The van der Waals surface area contributed by atoms with Crippen LogP contribution < -0.4 is 14.4 Å². The molecule has 2 N–H and O–H groups in total. The molecule has 11 heteroatoms. The van der Waals surface area contributed by atoms with E-state index in [-0.39, 0.29) is 13.2 Å². The number of rotatable bonds is 13. The van der Waals surface area contributed by atoms with E-state index in [0.29, 0.717) is 11.2 Å². The third kappa shape index (κ3) is 6.58. The molecule has 0 saturated carbocycles. The monoisotopic (exact) mass is 519 g/mol. The number of methoxy groups -OCH3 is 2. The van der Waals surface area contributed by atoms with Crippen molar-refractivity contribution < 1.29 is 24.1 Å². The van der Waals surface area contributed by atoms with Crippen molar-refractivity contribution >= 4 is 5.65 Å². The summed E-state index contributed by atoms with van der Waals surface area (Å²) < 4.78 is 24.9. The van der Waals surface area contributed by atoms with Crippen LogP contribution in [0.2, 0.25) is 0 Å². The van der Waals surface area contributed by atoms with Gasteiger partial charge in [0, 0.05) is 24.0 Å². The van der Waals surface area contributed by atoms with Gasteiger partial charge in [-0.1, -0.05) is 24.3 Å². The summed E-state index contributed by atoms with van der Waals surface area (Å²) in [6.07, 6.45) is 2.00. The molecule has 0 aliphatic heterocycles. The van der Waals surface area contributed by atoms with Gasteiger partial charge in [-0.3, -0.25) is 0 Å². The number of benzene rings is 2. The molecule has 2 aromatic carbocycles. The molecule has 0 bridgehead atoms. The maximum absolute atomic E-state index is 10.2. The normalized spacial score (nSPS) is 13.5. The number of fused-ring (bicyclic) bond motifs is 1. The fourth-order valence-electron chi connectivity index (χ4n) is 4.04. The Balaban J connectivity index is 1.68. The maximum Gasteiger partial charge on any atom is 0.214 e. The zero-order valence-electron chi connectivity index (χ0n) is 21.5. The molecule has 0 aliphatic rings. The molecule has 0 spiro atoms. The molecule has 38 heavy (non-hydrogen) atoms. The van der Waals surface area contributed by atoms with Crippen molar-refractivity contribution in [2.45, 2.75) is 38.4 Å². The molecule has 0 unspecified atom stereocenters. The van der Waals surface area contributed by atoms with Gasteiger partial charge in [-0.2, -0.15) is 5.10 Å². The summed E-state index contributed by atoms with van der Waals surface area (Å²) in [5.41, 5.74) is 11.3. The molecular formula is C27H31N6O5+. The van der Waals surface area contributed by atoms with Crippen LogP contribution in [0.25, 0.3) is 5.65 Å². The van der Waals surface area contributed by atoms with Crippen molar-refractivity contribution in [1.82, 2.24) is 19.5 Å². The summed E-state index contributed by atoms with van der Waals surface area (Å²) in [4.78, 5) is 7.72. The molecule has 11 nitrogen and oxygen atoms in total. The first-order valence-electron chi connectivity index (χ1n) is 12.0. The average molecular weight is 520 g/mol. The fraction of sp³-hybridized carbons (Fsp3) is 0.333. The fourth-order valence-corrected chi connectivity index (χ4v) is 4.04. The van der Waals surface area contributed by atoms with Gasteiger partial charge in [-0.05, 0) is 42.3 Å². The van der Waals surface area contributed by atoms with Crippen LogP contribution in [-0.2, 0) is 22.7 Å². The molecule has 0 aliphatic carbocycles. The molecule has 3 atom stereocenters. The third-order valence-electron chi connectivity index (χ3n) is 6.04. The highest BCUT2D eigenvalue weighted by Gasteiger charge is 2.36. The summed E-state index contributed by atoms with van der Waals surface area (Å²) in [5, 5.41) is 18.6. The van der Waals surface area contributed by atoms with Crippen LogP contribution >= 0.6 is 0 Å². The number of hydrogen-bond donors (Lipinski definition) is 2. The van der Waals surface area contributed by atoms with Crippen LogP contribution in [0.4, 0.5) is 0 Å². The first-order valence-corrected chi connectivity index (χ1v) is 12.0. The predicted octanol–water partition coefficient (Wildman–Crippen LogP) is 3.81. The Hall–Kier alpha value is -4.15. The minimum Gasteiger partial charge on any atom is -0.497 e. The van der Waals surface area contributed by atoms with Crippen LogP contribution in [0.5, 0.6) is 11.5 Å². The molecule has 0 radical (unpaired) electrons. The molecule has 198 valence electrons. The van der Waals surface area contributed by atoms with Gasteiger partial charge < -0.3 is 24.1 Å². The van der Waals surface area contributed by atoms with Gasteiger partial charge in [0.05, 0.1) is 39.7 Å². The number of aliphatic hydroxyl groups excluding tert-OH is 1. The van der Waals surface area contributed by atoms with Crippen molar-refractivity contribution in [3.8, 4) is 11.5 Å². The van der Waals surface area contributed by atoms with Gasteiger partial charge in [-0.15, -0.1) is 0 Å². The van der Waals surface area contributed by atoms with Crippen molar-refractivity contribution in [2.24, 2.45) is 5.11 Å². The Labute approximate surface area is 220 Å². The lowest BCUT2D eigenvalue weighted by Crippen LogP contribution is -2.37. The number of nitrogens with zero attached hydrogens (tertiary/aromatic N) is 5. The number of nitrogens with one attached hydrogen (secondary N) is 1. The Morgan fingerprint density at radius 3 is 2.13 bits per heavy atom. The highest BCUT2D eigenvalue weighted by molar-refractivity contribution is 5.39. The topological polar surface area (TPSA) is 138 Å². The first kappa shape index (κ1) is 26.9. The van der Waals surface area contributed by atoms with Gasteiger partial charge >= 0.3 is 0 Å². The van der Waals surface area contributed by atoms with E-state index in [9.17, 15) is 5.11 Å². The van der Waals surface area contributed by atoms with Crippen molar-refractivity contribution in [2.75, 3.05) is 20.8 Å². The first-order chi connectivity index (χ1) is 18.5. The van der Waals surface area contributed by atoms with Crippen molar-refractivity contribution in [3.05, 3.63) is 89.4 Å². The van der Waals surface area contributed by atoms with Crippen LogP contribution in [0.1, 0.15) is 28.5 Å². The van der Waals surface area contributed by atoms with E-state index in [2.05, 4.69) is 20.1 Å². The second kappa shape index (κ2) is 12.9. The number of ether oxygens (including phenoxy) is 4. The Kier molecular flexibility index (Phi) is 9.12. The Morgan fingerprint density at radius 1 is 0.974 bits per heavy atom. The number of aryl methyl sites for hydroxylation is 1. The molecule has 2 aromatic heterocycles. The molecular weight excluding hydrogens is 488 g/mol. The second-order valence-corrected chi connectivity index (χ2v) is 8.64. The molecule has 4 aromatic rings. The van der Waals surface area contributed by atoms with Crippen LogP contribution in [0.3, 0.4) is 0 Å². The van der Waals surface area contributed by atoms with Crippen molar-refractivity contribution in [3.63, 3.8) is 0 Å². The SMILES string of the molecule is COc1ccc(CO[C@@H]([C@H](CO)N=[N+]=N)[C@H](OCc2ccc(OC)cc2)c2cnc3cc(C)nn3c2)cc1. The smallest absolute Gasteiger partial charge is 0.214 e. The van der Waals surface area contributed by atoms with Gasteiger partial charge in [0.2, 0.25) is 4.91 Å². The minimum absolute atomic E-state index is 0.206. The summed E-state index contributed by atoms with van der Waals surface area (Å²) in [5.74, 6) is 1.47. The zero-order chi connectivity index (χ0) is 26.9. The number of hydrogen-bond acceptors (Lipinski definition) is 9. The van der Waals surface area contributed by atoms with E-state index < -0.39 is 24.9 Å². The Morgan fingerprint density at radius 2 is 1.58 bits per heavy atom. The summed E-state index contributed by atoms with van der Waals surface area (Å²) in [7, 11) is 3.22. The lowest BCUT2D eigenvalue weighted by molar-refractivity contribution is -0.104. The van der Waals surface area contributed by atoms with Gasteiger partial charge in [0.15, 0.2) is 11.7 Å². The van der Waals surface area contributed by atoms with Gasteiger partial charge in [0.1, 0.15) is 34.4 Å². The van der Waals surface area contributed by atoms with E-state index in [4.69, 9.17) is 24.5 Å². The summed E-state index contributed by atoms with van der Waals surface area (Å²) in [6, 6.07) is 16.0. The van der Waals surface area contributed by atoms with Gasteiger partial charge in [0.25, 0.3) is 0 Å². The van der Waals surface area contributed by atoms with Crippen molar-refractivity contribution in [1.29, 1.82) is 5.53 Å². The summed E-state index contributed by atoms with van der Waals surface area (Å²) >= 11 is 0. The third-order valence-corrected chi connectivity index (χ3v) is 6.04. The minimum atomic E-state index is -0.860. The predicted molar refractivity (Wildman–Crippen MR) is 138 cm³/mol. The van der Waals surface area contributed by atoms with E-state index in [1.165, 1.54) is 0 Å². The molecule has 0 saturated heterocycles. The van der Waals surface area contributed by atoms with E-state index >= 15 is 0 Å². The second-order valence-electron chi connectivity index (χ2n) is 8.64. The van der Waals surface area contributed by atoms with E-state index in [1.807, 2.05) is 67.7 Å². The zero-order valence-corrected chi connectivity index (χ0v) is 21.5. The molecule has 2 heterocycles. The quantitative estimate of drug-likeness (QED) is 0.202. The highest BCUT2D eigenvalue weighted by Crippen LogP contribution is 2.30. The largest absolute Gasteiger partial charge is 0.497 e. The van der Waals surface area contributed by atoms with E-state index in [1.54, 1.807) is 24.9 Å². The standard InChI is InChI=1S/C27H31N6O5/c1-18-12-25-29-13-21(14-33(25)31-18)26(37-16-19-4-8-22(35-2)9-5-19)27(24(15-34)30-32-28)38-17-20-6-10-23(36-3)11-7-20/h4-14,24,26-28,34H,15-17H2,1-3H3/q+1/t24-,26+,27-/m0/s1. The lowest BCUT2D eigenvalue weighted by Gasteiger charge is -2.29. The molecule has 0 fully saturated rings. The lowest BCUT2D eigenvalue weighted by atomic mass is 10.0. The van der Waals surface area contributed by atoms with E-state index in [0.717, 1.165) is 28.3 Å². The van der Waals surface area contributed by atoms with Gasteiger partial charge in [-0.25, -0.2) is 9.50 Å². The Bertz CT molecular complexity index is 1370. The maximum atomic E-state index is 10.2. The summed E-state index contributed by atoms with van der Waals surface area (Å²) in [6.45, 7) is 1.94. The van der Waals surface area contributed by atoms with Crippen LogP contribution in [0.15, 0.2) is 72.1 Å². The number of aliphatic hydroxyl groups is 1. The van der Waals surface area contributed by atoms with Crippen LogP contribution in [0, 0.1) is 12.5 Å². The number of aromatic nitrogens is 3. The van der Waals surface area contributed by atoms with Crippen LogP contribution in [-0.4, -0.2) is 52.7 Å². The molecule has 4 rings (SSSR count). The molecule has 0 amide bonds.